The average Bonchev–Trinajstić information content (AvgIpc) is 3.27. The second-order valence-electron chi connectivity index (χ2n) is 10.6. The topological polar surface area (TPSA) is 107 Å². The number of halogens is 3. The molecule has 208 valence electrons. The van der Waals surface area contributed by atoms with Gasteiger partial charge in [-0.25, -0.2) is 32.8 Å². The number of carbonyl (C=O) groups is 2. The van der Waals surface area contributed by atoms with E-state index in [0.717, 1.165) is 27.0 Å². The summed E-state index contributed by atoms with van der Waals surface area (Å²) in [4.78, 5) is 51.1. The molecule has 9 nitrogen and oxygen atoms in total. The number of carbonyl (C=O) groups excluding carboxylic acids is 2. The van der Waals surface area contributed by atoms with E-state index in [2.05, 4.69) is 0 Å². The predicted octanol–water partition coefficient (Wildman–Crippen LogP) is 3.54. The van der Waals surface area contributed by atoms with Gasteiger partial charge in [-0.3, -0.25) is 9.59 Å². The Bertz CT molecular complexity index is 1980. The number of phenols is 1. The van der Waals surface area contributed by atoms with Gasteiger partial charge in [0.05, 0.1) is 18.3 Å². The Hall–Kier alpha value is -4.15. The third-order valence-electron chi connectivity index (χ3n) is 8.60. The van der Waals surface area contributed by atoms with E-state index in [9.17, 15) is 28.7 Å². The van der Waals surface area contributed by atoms with Crippen LogP contribution in [0.25, 0.3) is 10.8 Å². The van der Waals surface area contributed by atoms with E-state index in [1.807, 2.05) is 12.1 Å². The van der Waals surface area contributed by atoms with Crippen molar-refractivity contribution in [3.8, 4) is 5.75 Å². The lowest BCUT2D eigenvalue weighted by atomic mass is 9.64. The molecule has 1 N–H and O–H groups in total. The van der Waals surface area contributed by atoms with Gasteiger partial charge in [0.1, 0.15) is 11.6 Å². The summed E-state index contributed by atoms with van der Waals surface area (Å²) in [6.45, 7) is -0.00232. The lowest BCUT2D eigenvalue weighted by molar-refractivity contribution is -0.122. The van der Waals surface area contributed by atoms with Crippen LogP contribution in [0, 0.1) is 5.82 Å². The first-order valence-electron chi connectivity index (χ1n) is 12.8. The number of phenolic OH excluding ortho intramolecular Hbond substituents is 1. The Balaban J connectivity index is 1.52. The Labute approximate surface area is 241 Å². The van der Waals surface area contributed by atoms with Gasteiger partial charge in [0.25, 0.3) is 11.8 Å². The van der Waals surface area contributed by atoms with E-state index >= 15 is 0 Å². The number of aromatic nitrogens is 3. The van der Waals surface area contributed by atoms with Gasteiger partial charge in [0.2, 0.25) is 0 Å². The number of aromatic hydroxyl groups is 1. The molecule has 12 heteroatoms. The average molecular weight is 595 g/mol. The lowest BCUT2D eigenvalue weighted by Gasteiger charge is -2.49. The normalized spacial score (nSPS) is 27.0. The van der Waals surface area contributed by atoms with Gasteiger partial charge < -0.3 is 5.11 Å². The number of rotatable bonds is 2. The molecule has 1 aromatic heterocycles. The molecule has 3 aliphatic rings. The first-order valence-corrected chi connectivity index (χ1v) is 13.6. The van der Waals surface area contributed by atoms with E-state index in [1.165, 1.54) is 28.5 Å². The molecule has 2 aliphatic heterocycles. The third kappa shape index (κ3) is 3.11. The molecular weight excluding hydrogens is 574 g/mol. The maximum absolute atomic E-state index is 14.3. The minimum Gasteiger partial charge on any atom is -0.507 e. The maximum atomic E-state index is 14.3. The van der Waals surface area contributed by atoms with Gasteiger partial charge in [-0.2, -0.15) is 0 Å². The zero-order chi connectivity index (χ0) is 29.0. The summed E-state index contributed by atoms with van der Waals surface area (Å²) >= 11 is 14.5. The van der Waals surface area contributed by atoms with Gasteiger partial charge in [-0.15, -0.1) is 23.2 Å². The van der Waals surface area contributed by atoms with Crippen LogP contribution in [0.15, 0.2) is 81.9 Å². The highest BCUT2D eigenvalue weighted by molar-refractivity contribution is 6.58. The first kappa shape index (κ1) is 25.8. The van der Waals surface area contributed by atoms with Crippen LogP contribution in [0.1, 0.15) is 23.9 Å². The fourth-order valence-corrected chi connectivity index (χ4v) is 7.53. The molecule has 1 saturated carbocycles. The molecule has 0 bridgehead atoms. The van der Waals surface area contributed by atoms with Crippen LogP contribution >= 0.6 is 23.2 Å². The SMILES string of the molecule is Cn1c(=O)n2n(c1=O)[C@@H]1C[C@@]3(Cl)C(=O)N(c4ccc(F)cc4)C(=O)[C@@]3(Cl)[C@@H](c3ccc4ccccc4c3O)C1=CC2. The maximum Gasteiger partial charge on any atom is 0.347 e. The third-order valence-corrected chi connectivity index (χ3v) is 10.0. The van der Waals surface area contributed by atoms with Crippen LogP contribution in [0.4, 0.5) is 10.1 Å². The van der Waals surface area contributed by atoms with Crippen LogP contribution in [-0.2, 0) is 23.2 Å². The Morgan fingerprint density at radius 2 is 1.63 bits per heavy atom. The summed E-state index contributed by atoms with van der Waals surface area (Å²) < 4.78 is 17.2. The minimum atomic E-state index is -2.15. The number of hydrogen-bond acceptors (Lipinski definition) is 5. The molecule has 3 heterocycles. The first-order chi connectivity index (χ1) is 19.5. The molecule has 2 amide bonds. The van der Waals surface area contributed by atoms with Gasteiger partial charge in [0, 0.05) is 30.3 Å². The molecule has 1 aliphatic carbocycles. The Morgan fingerprint density at radius 1 is 0.927 bits per heavy atom. The smallest absolute Gasteiger partial charge is 0.347 e. The molecule has 0 radical (unpaired) electrons. The van der Waals surface area contributed by atoms with E-state index in [1.54, 1.807) is 30.3 Å². The standard InChI is InChI=1S/C29H21Cl2FN4O5/c1-33-26(40)34-13-12-19-21(36(34)27(33)41)14-28(30)24(38)35(17-9-7-16(32)8-10-17)25(39)29(28,31)22(19)20-11-6-15-4-2-3-5-18(15)23(20)37/h2-12,21-22,37H,13-14H2,1H3/t21-,22-,28-,29+/m1/s1. The van der Waals surface area contributed by atoms with Crippen molar-refractivity contribution < 1.29 is 19.1 Å². The van der Waals surface area contributed by atoms with Crippen LogP contribution in [0.2, 0.25) is 0 Å². The van der Waals surface area contributed by atoms with Gasteiger partial charge in [-0.1, -0.05) is 42.5 Å². The van der Waals surface area contributed by atoms with Crippen molar-refractivity contribution in [3.63, 3.8) is 0 Å². The quantitative estimate of drug-likeness (QED) is 0.217. The van der Waals surface area contributed by atoms with Crippen LogP contribution in [0.3, 0.4) is 0 Å². The van der Waals surface area contributed by atoms with Crippen molar-refractivity contribution in [2.24, 2.45) is 7.05 Å². The number of fused-ring (bicyclic) bond motifs is 5. The van der Waals surface area contributed by atoms with Crippen LogP contribution < -0.4 is 16.3 Å². The summed E-state index contributed by atoms with van der Waals surface area (Å²) in [6, 6.07) is 14.3. The molecule has 4 aromatic rings. The number of nitrogens with zero attached hydrogens (tertiary/aromatic N) is 4. The molecule has 0 unspecified atom stereocenters. The largest absolute Gasteiger partial charge is 0.507 e. The lowest BCUT2D eigenvalue weighted by Crippen LogP contribution is -2.59. The fourth-order valence-electron chi connectivity index (χ4n) is 6.62. The second kappa shape index (κ2) is 8.43. The van der Waals surface area contributed by atoms with E-state index < -0.39 is 50.7 Å². The summed E-state index contributed by atoms with van der Waals surface area (Å²) in [6.07, 6.45) is 1.41. The number of benzene rings is 3. The molecule has 3 aromatic carbocycles. The molecule has 41 heavy (non-hydrogen) atoms. The van der Waals surface area contributed by atoms with Gasteiger partial charge >= 0.3 is 11.4 Å². The second-order valence-corrected chi connectivity index (χ2v) is 11.8. The minimum absolute atomic E-state index is 0.00232. The van der Waals surface area contributed by atoms with Crippen LogP contribution in [0.5, 0.6) is 5.75 Å². The molecule has 1 saturated heterocycles. The highest BCUT2D eigenvalue weighted by atomic mass is 35.5. The number of allylic oxidation sites excluding steroid dienone is 2. The summed E-state index contributed by atoms with van der Waals surface area (Å²) in [5.74, 6) is -3.59. The summed E-state index contributed by atoms with van der Waals surface area (Å²) in [5.41, 5.74) is -0.397. The monoisotopic (exact) mass is 594 g/mol. The van der Waals surface area contributed by atoms with Crippen molar-refractivity contribution in [1.82, 2.24) is 13.9 Å². The fraction of sp³-hybridized carbons (Fsp3) is 0.241. The Kier molecular flexibility index (Phi) is 5.31. The molecule has 7 rings (SSSR count). The predicted molar refractivity (Wildman–Crippen MR) is 150 cm³/mol. The molecular formula is C29H21Cl2FN4O5. The number of anilines is 1. The zero-order valence-corrected chi connectivity index (χ0v) is 22.9. The van der Waals surface area contributed by atoms with Crippen molar-refractivity contribution >= 4 is 51.5 Å². The zero-order valence-electron chi connectivity index (χ0n) is 21.4. The molecule has 0 spiro atoms. The number of alkyl halides is 2. The van der Waals surface area contributed by atoms with Gasteiger partial charge in [0.15, 0.2) is 9.75 Å². The van der Waals surface area contributed by atoms with E-state index in [0.29, 0.717) is 11.0 Å². The van der Waals surface area contributed by atoms with E-state index in [-0.39, 0.29) is 30.0 Å². The van der Waals surface area contributed by atoms with E-state index in [4.69, 9.17) is 23.2 Å². The number of imide groups is 1. The highest BCUT2D eigenvalue weighted by Crippen LogP contribution is 2.64. The van der Waals surface area contributed by atoms with Crippen molar-refractivity contribution in [3.05, 3.63) is 105 Å². The number of hydrogen-bond donors (Lipinski definition) is 1. The van der Waals surface area contributed by atoms with Crippen molar-refractivity contribution in [1.29, 1.82) is 0 Å². The number of amides is 2. The van der Waals surface area contributed by atoms with Crippen LogP contribution in [-0.4, -0.2) is 40.6 Å². The Morgan fingerprint density at radius 3 is 2.37 bits per heavy atom. The van der Waals surface area contributed by atoms with Crippen molar-refractivity contribution in [2.45, 2.75) is 34.7 Å². The highest BCUT2D eigenvalue weighted by Gasteiger charge is 2.76. The molecule has 4 atom stereocenters. The van der Waals surface area contributed by atoms with Crippen molar-refractivity contribution in [2.75, 3.05) is 4.90 Å². The molecule has 2 fully saturated rings. The summed E-state index contributed by atoms with van der Waals surface area (Å²) in [7, 11) is 1.35. The van der Waals surface area contributed by atoms with Gasteiger partial charge in [-0.05, 0) is 35.2 Å². The summed E-state index contributed by atoms with van der Waals surface area (Å²) in [5, 5.41) is 12.8.